The van der Waals surface area contributed by atoms with Crippen LogP contribution in [0.25, 0.3) is 0 Å². The molecule has 0 N–H and O–H groups in total. The third-order valence-electron chi connectivity index (χ3n) is 3.69. The molecule has 0 aromatic heterocycles. The number of alkyl halides is 1. The topological polar surface area (TPSA) is 20.3 Å². The normalized spacial score (nSPS) is 20.4. The SMILES string of the molecule is CC(Br)CCN(C)C(=O)C1CCCCCCC1. The average molecular weight is 304 g/mol. The molecule has 0 heterocycles. The van der Waals surface area contributed by atoms with Gasteiger partial charge >= 0.3 is 0 Å². The number of carbonyl (C=O) groups excluding carboxylic acids is 1. The van der Waals surface area contributed by atoms with E-state index < -0.39 is 0 Å². The predicted octanol–water partition coefficient (Wildman–Crippen LogP) is 3.98. The second kappa shape index (κ2) is 8.12. The number of amides is 1. The van der Waals surface area contributed by atoms with E-state index >= 15 is 0 Å². The second-order valence-corrected chi connectivity index (χ2v) is 6.93. The van der Waals surface area contributed by atoms with Gasteiger partial charge in [0, 0.05) is 24.3 Å². The lowest BCUT2D eigenvalue weighted by Gasteiger charge is -2.25. The summed E-state index contributed by atoms with van der Waals surface area (Å²) in [6.45, 7) is 3.01. The van der Waals surface area contributed by atoms with Crippen molar-refractivity contribution in [3.63, 3.8) is 0 Å². The van der Waals surface area contributed by atoms with Crippen molar-refractivity contribution in [2.75, 3.05) is 13.6 Å². The molecule has 1 unspecified atom stereocenters. The van der Waals surface area contributed by atoms with Crippen LogP contribution in [0.4, 0.5) is 0 Å². The highest BCUT2D eigenvalue weighted by Gasteiger charge is 2.22. The van der Waals surface area contributed by atoms with E-state index in [9.17, 15) is 4.79 Å². The van der Waals surface area contributed by atoms with E-state index in [1.165, 1.54) is 32.1 Å². The van der Waals surface area contributed by atoms with Crippen molar-refractivity contribution < 1.29 is 4.79 Å². The molecule has 0 saturated heterocycles. The third-order valence-corrected chi connectivity index (χ3v) is 4.15. The Labute approximate surface area is 114 Å². The molecule has 0 bridgehead atoms. The molecule has 1 rings (SSSR count). The minimum absolute atomic E-state index is 0.297. The van der Waals surface area contributed by atoms with E-state index in [1.54, 1.807) is 0 Å². The van der Waals surface area contributed by atoms with Gasteiger partial charge in [0.05, 0.1) is 0 Å². The molecule has 1 aliphatic carbocycles. The van der Waals surface area contributed by atoms with E-state index in [-0.39, 0.29) is 0 Å². The van der Waals surface area contributed by atoms with Gasteiger partial charge in [-0.25, -0.2) is 0 Å². The van der Waals surface area contributed by atoms with Crippen molar-refractivity contribution in [3.05, 3.63) is 0 Å². The first-order valence-electron chi connectivity index (χ1n) is 7.00. The van der Waals surface area contributed by atoms with Crippen molar-refractivity contribution in [1.82, 2.24) is 4.90 Å². The molecule has 1 fully saturated rings. The van der Waals surface area contributed by atoms with Gasteiger partial charge in [-0.1, -0.05) is 55.0 Å². The van der Waals surface area contributed by atoms with E-state index in [2.05, 4.69) is 22.9 Å². The summed E-state index contributed by atoms with van der Waals surface area (Å²) in [7, 11) is 1.95. The van der Waals surface area contributed by atoms with Crippen molar-refractivity contribution >= 4 is 21.8 Å². The Morgan fingerprint density at radius 3 is 2.29 bits per heavy atom. The largest absolute Gasteiger partial charge is 0.345 e. The van der Waals surface area contributed by atoms with E-state index in [0.717, 1.165) is 25.8 Å². The van der Waals surface area contributed by atoms with Crippen molar-refractivity contribution in [1.29, 1.82) is 0 Å². The van der Waals surface area contributed by atoms with Gasteiger partial charge in [0.15, 0.2) is 0 Å². The summed E-state index contributed by atoms with van der Waals surface area (Å²) in [4.78, 5) is 14.7. The highest BCUT2D eigenvalue weighted by atomic mass is 79.9. The predicted molar refractivity (Wildman–Crippen MR) is 76.5 cm³/mol. The first-order valence-corrected chi connectivity index (χ1v) is 7.92. The number of hydrogen-bond acceptors (Lipinski definition) is 1. The summed E-state index contributed by atoms with van der Waals surface area (Å²) in [6, 6.07) is 0. The standard InChI is InChI=1S/C14H26BrNO/c1-12(15)10-11-16(2)14(17)13-8-6-4-3-5-7-9-13/h12-13H,3-11H2,1-2H3. The van der Waals surface area contributed by atoms with Crippen molar-refractivity contribution in [2.45, 2.75) is 63.1 Å². The lowest BCUT2D eigenvalue weighted by Crippen LogP contribution is -2.34. The zero-order chi connectivity index (χ0) is 12.7. The molecule has 0 aliphatic heterocycles. The first-order chi connectivity index (χ1) is 8.11. The van der Waals surface area contributed by atoms with Gasteiger partial charge in [-0.3, -0.25) is 4.79 Å². The number of hydrogen-bond donors (Lipinski definition) is 0. The van der Waals surface area contributed by atoms with Crippen LogP contribution in [0.5, 0.6) is 0 Å². The Balaban J connectivity index is 2.37. The summed E-state index contributed by atoms with van der Waals surface area (Å²) in [5, 5.41) is 0. The van der Waals surface area contributed by atoms with Crippen molar-refractivity contribution in [3.8, 4) is 0 Å². The minimum atomic E-state index is 0.297. The Hall–Kier alpha value is -0.0500. The number of halogens is 1. The fraction of sp³-hybridized carbons (Fsp3) is 0.929. The third kappa shape index (κ3) is 5.89. The summed E-state index contributed by atoms with van der Waals surface area (Å²) in [6.07, 6.45) is 9.70. The fourth-order valence-electron chi connectivity index (χ4n) is 2.50. The molecule has 0 spiro atoms. The fourth-order valence-corrected chi connectivity index (χ4v) is 2.70. The molecule has 0 radical (unpaired) electrons. The van der Waals surface area contributed by atoms with Crippen LogP contribution in [-0.2, 0) is 4.79 Å². The van der Waals surface area contributed by atoms with Crippen LogP contribution < -0.4 is 0 Å². The van der Waals surface area contributed by atoms with Gasteiger partial charge in [-0.2, -0.15) is 0 Å². The Kier molecular flexibility index (Phi) is 7.17. The average Bonchev–Trinajstić information content (AvgIpc) is 2.24. The van der Waals surface area contributed by atoms with E-state index in [4.69, 9.17) is 0 Å². The summed E-state index contributed by atoms with van der Waals surface area (Å²) < 4.78 is 0. The zero-order valence-electron chi connectivity index (χ0n) is 11.3. The van der Waals surface area contributed by atoms with Gasteiger partial charge in [-0.05, 0) is 19.3 Å². The van der Waals surface area contributed by atoms with Crippen LogP contribution >= 0.6 is 15.9 Å². The van der Waals surface area contributed by atoms with Gasteiger partial charge in [0.25, 0.3) is 0 Å². The maximum atomic E-state index is 12.3. The first kappa shape index (κ1) is 15.0. The monoisotopic (exact) mass is 303 g/mol. The molecule has 100 valence electrons. The maximum Gasteiger partial charge on any atom is 0.225 e. The molecule has 1 aliphatic rings. The van der Waals surface area contributed by atoms with Crippen LogP contribution in [0.1, 0.15) is 58.3 Å². The Morgan fingerprint density at radius 1 is 1.24 bits per heavy atom. The van der Waals surface area contributed by atoms with Crippen LogP contribution in [0.15, 0.2) is 0 Å². The number of rotatable bonds is 4. The molecule has 2 nitrogen and oxygen atoms in total. The van der Waals surface area contributed by atoms with Gasteiger partial charge in [0.2, 0.25) is 5.91 Å². The van der Waals surface area contributed by atoms with E-state index in [1.807, 2.05) is 11.9 Å². The molecule has 17 heavy (non-hydrogen) atoms. The number of nitrogens with zero attached hydrogens (tertiary/aromatic N) is 1. The molecule has 1 saturated carbocycles. The van der Waals surface area contributed by atoms with Crippen LogP contribution in [0, 0.1) is 5.92 Å². The molecule has 1 atom stereocenters. The minimum Gasteiger partial charge on any atom is -0.345 e. The molecule has 3 heteroatoms. The summed E-state index contributed by atoms with van der Waals surface area (Å²) in [5.74, 6) is 0.672. The Bertz CT molecular complexity index is 222. The molecular formula is C14H26BrNO. The van der Waals surface area contributed by atoms with Crippen LogP contribution in [-0.4, -0.2) is 29.2 Å². The highest BCUT2D eigenvalue weighted by Crippen LogP contribution is 2.23. The van der Waals surface area contributed by atoms with Crippen LogP contribution in [0.2, 0.25) is 0 Å². The molecular weight excluding hydrogens is 278 g/mol. The molecule has 0 aromatic rings. The number of carbonyl (C=O) groups is 1. The lowest BCUT2D eigenvalue weighted by molar-refractivity contribution is -0.134. The van der Waals surface area contributed by atoms with Crippen molar-refractivity contribution in [2.24, 2.45) is 5.92 Å². The molecule has 1 amide bonds. The summed E-state index contributed by atoms with van der Waals surface area (Å²) >= 11 is 3.53. The Morgan fingerprint density at radius 2 is 1.76 bits per heavy atom. The van der Waals surface area contributed by atoms with Gasteiger partial charge in [0.1, 0.15) is 0 Å². The van der Waals surface area contributed by atoms with E-state index in [0.29, 0.717) is 16.7 Å². The van der Waals surface area contributed by atoms with Crippen LogP contribution in [0.3, 0.4) is 0 Å². The highest BCUT2D eigenvalue weighted by molar-refractivity contribution is 9.09. The lowest BCUT2D eigenvalue weighted by atomic mass is 9.90. The van der Waals surface area contributed by atoms with Gasteiger partial charge in [-0.15, -0.1) is 0 Å². The van der Waals surface area contributed by atoms with Gasteiger partial charge < -0.3 is 4.90 Å². The smallest absolute Gasteiger partial charge is 0.225 e. The zero-order valence-corrected chi connectivity index (χ0v) is 12.8. The summed E-state index contributed by atoms with van der Waals surface area (Å²) in [5.41, 5.74) is 0. The molecule has 0 aromatic carbocycles. The quantitative estimate of drug-likeness (QED) is 0.719. The maximum absolute atomic E-state index is 12.3. The second-order valence-electron chi connectivity index (χ2n) is 5.37.